The number of Topliss-reactive ketones (excluding diaryl/α,β-unsaturated/α-hetero) is 1. The van der Waals surface area contributed by atoms with Crippen LogP contribution in [0.3, 0.4) is 0 Å². The molecule has 0 aromatic heterocycles. The zero-order chi connectivity index (χ0) is 16.6. The standard InChI is InChI=1S/C18H16BrNO3/c1-2-20-15-9-8-13(19)10-14(15)18(23,17(20)22)11-16(21)12-6-4-3-5-7-12/h3-10,23H,2,11H2,1H3/t18-/m1/s1. The molecule has 2 aromatic carbocycles. The summed E-state index contributed by atoms with van der Waals surface area (Å²) in [5, 5.41) is 11.0. The van der Waals surface area contributed by atoms with Gasteiger partial charge in [0.15, 0.2) is 11.4 Å². The number of hydrogen-bond donors (Lipinski definition) is 1. The summed E-state index contributed by atoms with van der Waals surface area (Å²) in [4.78, 5) is 26.7. The molecule has 1 amide bonds. The summed E-state index contributed by atoms with van der Waals surface area (Å²) in [6, 6.07) is 14.0. The van der Waals surface area contributed by atoms with Crippen LogP contribution in [0.1, 0.15) is 29.3 Å². The highest BCUT2D eigenvalue weighted by Crippen LogP contribution is 2.43. The van der Waals surface area contributed by atoms with E-state index in [0.29, 0.717) is 23.4 Å². The van der Waals surface area contributed by atoms with Crippen LogP contribution in [-0.4, -0.2) is 23.3 Å². The molecule has 23 heavy (non-hydrogen) atoms. The van der Waals surface area contributed by atoms with E-state index in [2.05, 4.69) is 15.9 Å². The van der Waals surface area contributed by atoms with Crippen molar-refractivity contribution in [2.75, 3.05) is 11.4 Å². The lowest BCUT2D eigenvalue weighted by Crippen LogP contribution is -2.41. The first-order chi connectivity index (χ1) is 11.0. The fraction of sp³-hybridized carbons (Fsp3) is 0.222. The molecule has 5 heteroatoms. The number of carbonyl (C=O) groups excluding carboxylic acids is 2. The first-order valence-electron chi connectivity index (χ1n) is 7.40. The Morgan fingerprint density at radius 3 is 2.57 bits per heavy atom. The maximum atomic E-state index is 12.7. The quantitative estimate of drug-likeness (QED) is 0.836. The number of carbonyl (C=O) groups is 2. The van der Waals surface area contributed by atoms with Gasteiger partial charge in [0.2, 0.25) is 0 Å². The van der Waals surface area contributed by atoms with Crippen LogP contribution in [0.15, 0.2) is 53.0 Å². The van der Waals surface area contributed by atoms with Gasteiger partial charge in [0.25, 0.3) is 5.91 Å². The van der Waals surface area contributed by atoms with Gasteiger partial charge in [0.05, 0.1) is 12.1 Å². The summed E-state index contributed by atoms with van der Waals surface area (Å²) in [5.41, 5.74) is -0.200. The van der Waals surface area contributed by atoms with Crippen LogP contribution < -0.4 is 4.90 Å². The Bertz CT molecular complexity index is 775. The van der Waals surface area contributed by atoms with Crippen molar-refractivity contribution < 1.29 is 14.7 Å². The molecule has 1 aliphatic heterocycles. The number of fused-ring (bicyclic) bond motifs is 1. The van der Waals surface area contributed by atoms with Gasteiger partial charge in [-0.1, -0.05) is 46.3 Å². The maximum absolute atomic E-state index is 12.7. The van der Waals surface area contributed by atoms with Gasteiger partial charge in [-0.3, -0.25) is 9.59 Å². The van der Waals surface area contributed by atoms with Crippen LogP contribution >= 0.6 is 15.9 Å². The van der Waals surface area contributed by atoms with Gasteiger partial charge in [0.1, 0.15) is 0 Å². The monoisotopic (exact) mass is 373 g/mol. The third kappa shape index (κ3) is 2.60. The first kappa shape index (κ1) is 15.9. The molecule has 1 N–H and O–H groups in total. The van der Waals surface area contributed by atoms with Gasteiger partial charge in [-0.15, -0.1) is 0 Å². The number of nitrogens with zero attached hydrogens (tertiary/aromatic N) is 1. The van der Waals surface area contributed by atoms with Crippen molar-refractivity contribution in [3.05, 3.63) is 64.1 Å². The van der Waals surface area contributed by atoms with Crippen LogP contribution in [0.25, 0.3) is 0 Å². The average Bonchev–Trinajstić information content (AvgIpc) is 2.76. The van der Waals surface area contributed by atoms with E-state index in [0.717, 1.165) is 4.47 Å². The molecule has 0 fully saturated rings. The first-order valence-corrected chi connectivity index (χ1v) is 8.19. The second-order valence-electron chi connectivity index (χ2n) is 5.54. The molecule has 118 valence electrons. The number of halogens is 1. The van der Waals surface area contributed by atoms with Gasteiger partial charge in [0, 0.05) is 22.1 Å². The lowest BCUT2D eigenvalue weighted by Gasteiger charge is -2.22. The number of rotatable bonds is 4. The Hall–Kier alpha value is -1.98. The van der Waals surface area contributed by atoms with Crippen molar-refractivity contribution in [1.29, 1.82) is 0 Å². The highest BCUT2D eigenvalue weighted by molar-refractivity contribution is 9.10. The van der Waals surface area contributed by atoms with Crippen LogP contribution in [0.4, 0.5) is 5.69 Å². The Morgan fingerprint density at radius 2 is 1.91 bits per heavy atom. The molecule has 4 nitrogen and oxygen atoms in total. The van der Waals surface area contributed by atoms with E-state index in [1.807, 2.05) is 19.1 Å². The second kappa shape index (κ2) is 5.91. The van der Waals surface area contributed by atoms with E-state index >= 15 is 0 Å². The van der Waals surface area contributed by atoms with Crippen molar-refractivity contribution in [2.45, 2.75) is 18.9 Å². The predicted octanol–water partition coefficient (Wildman–Crippen LogP) is 3.28. The third-order valence-electron chi connectivity index (χ3n) is 4.12. The van der Waals surface area contributed by atoms with Crippen LogP contribution in [0.2, 0.25) is 0 Å². The summed E-state index contributed by atoms with van der Waals surface area (Å²) in [6.45, 7) is 2.28. The smallest absolute Gasteiger partial charge is 0.264 e. The lowest BCUT2D eigenvalue weighted by atomic mass is 9.88. The molecule has 2 aromatic rings. The van der Waals surface area contributed by atoms with E-state index in [1.54, 1.807) is 36.4 Å². The van der Waals surface area contributed by atoms with E-state index in [9.17, 15) is 14.7 Å². The molecular formula is C18H16BrNO3. The highest BCUT2D eigenvalue weighted by atomic mass is 79.9. The maximum Gasteiger partial charge on any atom is 0.264 e. The number of amides is 1. The third-order valence-corrected chi connectivity index (χ3v) is 4.62. The SMILES string of the molecule is CCN1C(=O)[C@@](O)(CC(=O)c2ccccc2)c2cc(Br)ccc21. The minimum atomic E-state index is -1.82. The Balaban J connectivity index is 2.02. The minimum absolute atomic E-state index is 0.259. The Kier molecular flexibility index (Phi) is 4.08. The molecule has 0 saturated carbocycles. The zero-order valence-electron chi connectivity index (χ0n) is 12.6. The topological polar surface area (TPSA) is 57.6 Å². The molecule has 1 heterocycles. The Labute approximate surface area is 142 Å². The molecule has 1 atom stereocenters. The molecule has 1 aliphatic rings. The van der Waals surface area contributed by atoms with Crippen LogP contribution in [0.5, 0.6) is 0 Å². The summed E-state index contributed by atoms with van der Waals surface area (Å²) < 4.78 is 0.757. The molecule has 0 unspecified atom stereocenters. The molecule has 0 aliphatic carbocycles. The summed E-state index contributed by atoms with van der Waals surface area (Å²) in [6.07, 6.45) is -0.268. The van der Waals surface area contributed by atoms with E-state index in [4.69, 9.17) is 0 Å². The molecular weight excluding hydrogens is 358 g/mol. The van der Waals surface area contributed by atoms with Crippen molar-refractivity contribution in [1.82, 2.24) is 0 Å². The van der Waals surface area contributed by atoms with E-state index in [-0.39, 0.29) is 12.2 Å². The fourth-order valence-electron chi connectivity index (χ4n) is 2.97. The van der Waals surface area contributed by atoms with Gasteiger partial charge in [-0.25, -0.2) is 0 Å². The van der Waals surface area contributed by atoms with Crippen molar-refractivity contribution >= 4 is 33.3 Å². The summed E-state index contributed by atoms with van der Waals surface area (Å²) in [7, 11) is 0. The van der Waals surface area contributed by atoms with Crippen molar-refractivity contribution in [3.63, 3.8) is 0 Å². The van der Waals surface area contributed by atoms with Crippen molar-refractivity contribution in [2.24, 2.45) is 0 Å². The summed E-state index contributed by atoms with van der Waals surface area (Å²) >= 11 is 3.36. The Morgan fingerprint density at radius 1 is 1.22 bits per heavy atom. The molecule has 3 rings (SSSR count). The van der Waals surface area contributed by atoms with Gasteiger partial charge < -0.3 is 10.0 Å². The van der Waals surface area contributed by atoms with E-state index < -0.39 is 11.5 Å². The normalized spacial score (nSPS) is 19.8. The number of ketones is 1. The van der Waals surface area contributed by atoms with E-state index in [1.165, 1.54) is 4.90 Å². The largest absolute Gasteiger partial charge is 0.375 e. The molecule has 0 radical (unpaired) electrons. The molecule has 0 bridgehead atoms. The van der Waals surface area contributed by atoms with Crippen LogP contribution in [-0.2, 0) is 10.4 Å². The fourth-order valence-corrected chi connectivity index (χ4v) is 3.33. The molecule has 0 spiro atoms. The molecule has 0 saturated heterocycles. The van der Waals surface area contributed by atoms with Crippen LogP contribution in [0, 0.1) is 0 Å². The number of anilines is 1. The number of likely N-dealkylation sites (N-methyl/N-ethyl adjacent to an activating group) is 1. The average molecular weight is 374 g/mol. The van der Waals surface area contributed by atoms with Gasteiger partial charge in [-0.05, 0) is 25.1 Å². The van der Waals surface area contributed by atoms with Gasteiger partial charge in [-0.2, -0.15) is 0 Å². The number of benzene rings is 2. The number of hydrogen-bond acceptors (Lipinski definition) is 3. The number of aliphatic hydroxyl groups is 1. The predicted molar refractivity (Wildman–Crippen MR) is 91.5 cm³/mol. The van der Waals surface area contributed by atoms with Crippen molar-refractivity contribution in [3.8, 4) is 0 Å². The summed E-state index contributed by atoms with van der Waals surface area (Å²) in [5.74, 6) is -0.706. The lowest BCUT2D eigenvalue weighted by molar-refractivity contribution is -0.135. The second-order valence-corrected chi connectivity index (χ2v) is 6.45. The van der Waals surface area contributed by atoms with Gasteiger partial charge >= 0.3 is 0 Å². The zero-order valence-corrected chi connectivity index (χ0v) is 14.2. The minimum Gasteiger partial charge on any atom is -0.375 e. The highest BCUT2D eigenvalue weighted by Gasteiger charge is 2.50.